The topological polar surface area (TPSA) is 71.3 Å². The number of carbonyl (C=O) groups excluding carboxylic acids is 2. The van der Waals surface area contributed by atoms with Crippen LogP contribution in [-0.4, -0.2) is 11.8 Å². The molecule has 0 bridgehead atoms. The zero-order valence-electron chi connectivity index (χ0n) is 14.5. The zero-order valence-corrected chi connectivity index (χ0v) is 15.3. The summed E-state index contributed by atoms with van der Waals surface area (Å²) >= 11 is 5.83. The number of amides is 2. The molecule has 0 fully saturated rings. The lowest BCUT2D eigenvalue weighted by molar-refractivity contribution is -0.111. The average Bonchev–Trinajstić information content (AvgIpc) is 3.18. The van der Waals surface area contributed by atoms with E-state index in [1.54, 1.807) is 48.5 Å². The molecule has 3 aromatic rings. The van der Waals surface area contributed by atoms with Gasteiger partial charge >= 0.3 is 0 Å². The second-order valence-corrected chi connectivity index (χ2v) is 6.27. The minimum Gasteiger partial charge on any atom is -0.459 e. The second-order valence-electron chi connectivity index (χ2n) is 5.84. The van der Waals surface area contributed by atoms with Gasteiger partial charge in [0.1, 0.15) is 0 Å². The molecule has 0 aliphatic carbocycles. The lowest BCUT2D eigenvalue weighted by Crippen LogP contribution is -2.12. The van der Waals surface area contributed by atoms with Gasteiger partial charge in [-0.05, 0) is 66.6 Å². The molecule has 2 N–H and O–H groups in total. The van der Waals surface area contributed by atoms with Gasteiger partial charge in [-0.3, -0.25) is 9.59 Å². The quantitative estimate of drug-likeness (QED) is 0.601. The van der Waals surface area contributed by atoms with Crippen molar-refractivity contribution in [3.63, 3.8) is 0 Å². The lowest BCUT2D eigenvalue weighted by Gasteiger charge is -2.10. The Morgan fingerprint density at radius 3 is 2.48 bits per heavy atom. The SMILES string of the molecule is Cc1cc(NC(=O)/C=C/c2ccc(Cl)cc2)ccc1NC(=O)c1ccco1. The van der Waals surface area contributed by atoms with Gasteiger partial charge in [-0.2, -0.15) is 0 Å². The van der Waals surface area contributed by atoms with Crippen LogP contribution in [0.2, 0.25) is 5.02 Å². The van der Waals surface area contributed by atoms with Gasteiger partial charge in [0.15, 0.2) is 5.76 Å². The van der Waals surface area contributed by atoms with Gasteiger partial charge in [-0.1, -0.05) is 23.7 Å². The number of furan rings is 1. The lowest BCUT2D eigenvalue weighted by atomic mass is 10.1. The molecule has 6 heteroatoms. The third-order valence-electron chi connectivity index (χ3n) is 3.78. The molecule has 0 aliphatic heterocycles. The summed E-state index contributed by atoms with van der Waals surface area (Å²) in [7, 11) is 0. The molecule has 0 spiro atoms. The van der Waals surface area contributed by atoms with Gasteiger partial charge in [-0.25, -0.2) is 0 Å². The molecular formula is C21H17ClN2O3. The van der Waals surface area contributed by atoms with Crippen LogP contribution in [0.5, 0.6) is 0 Å². The van der Waals surface area contributed by atoms with E-state index >= 15 is 0 Å². The van der Waals surface area contributed by atoms with E-state index in [9.17, 15) is 9.59 Å². The average molecular weight is 381 g/mol. The van der Waals surface area contributed by atoms with Gasteiger partial charge in [-0.15, -0.1) is 0 Å². The number of nitrogens with one attached hydrogen (secondary N) is 2. The number of anilines is 2. The summed E-state index contributed by atoms with van der Waals surface area (Å²) < 4.78 is 5.07. The Morgan fingerprint density at radius 2 is 1.81 bits per heavy atom. The number of rotatable bonds is 5. The Bertz CT molecular complexity index is 977. The van der Waals surface area contributed by atoms with E-state index < -0.39 is 0 Å². The Balaban J connectivity index is 1.62. The van der Waals surface area contributed by atoms with E-state index in [-0.39, 0.29) is 17.6 Å². The highest BCUT2D eigenvalue weighted by molar-refractivity contribution is 6.30. The summed E-state index contributed by atoms with van der Waals surface area (Å²) in [5.74, 6) is -0.346. The van der Waals surface area contributed by atoms with Crippen LogP contribution in [0.4, 0.5) is 11.4 Å². The summed E-state index contributed by atoms with van der Waals surface area (Å²) in [4.78, 5) is 24.1. The molecule has 0 radical (unpaired) electrons. The summed E-state index contributed by atoms with van der Waals surface area (Å²) in [5, 5.41) is 6.21. The highest BCUT2D eigenvalue weighted by atomic mass is 35.5. The summed E-state index contributed by atoms with van der Waals surface area (Å²) in [6.07, 6.45) is 4.60. The first-order valence-corrected chi connectivity index (χ1v) is 8.59. The largest absolute Gasteiger partial charge is 0.459 e. The van der Waals surface area contributed by atoms with E-state index in [4.69, 9.17) is 16.0 Å². The normalized spacial score (nSPS) is 10.7. The number of hydrogen-bond acceptors (Lipinski definition) is 3. The van der Waals surface area contributed by atoms with Gasteiger partial charge in [0.05, 0.1) is 6.26 Å². The maximum atomic E-state index is 12.1. The van der Waals surface area contributed by atoms with Crippen molar-refractivity contribution in [1.82, 2.24) is 0 Å². The number of carbonyl (C=O) groups is 2. The van der Waals surface area contributed by atoms with Gasteiger partial charge < -0.3 is 15.1 Å². The first kappa shape index (κ1) is 18.5. The van der Waals surface area contributed by atoms with Crippen molar-refractivity contribution in [2.75, 3.05) is 10.6 Å². The van der Waals surface area contributed by atoms with Gasteiger partial charge in [0.25, 0.3) is 5.91 Å². The van der Waals surface area contributed by atoms with Crippen molar-refractivity contribution in [3.8, 4) is 0 Å². The van der Waals surface area contributed by atoms with Crippen molar-refractivity contribution in [2.45, 2.75) is 6.92 Å². The van der Waals surface area contributed by atoms with Crippen LogP contribution in [0.1, 0.15) is 21.7 Å². The Hall–Kier alpha value is -3.31. The van der Waals surface area contributed by atoms with Crippen LogP contribution in [-0.2, 0) is 4.79 Å². The smallest absolute Gasteiger partial charge is 0.291 e. The molecule has 27 heavy (non-hydrogen) atoms. The number of hydrogen-bond donors (Lipinski definition) is 2. The van der Waals surface area contributed by atoms with Crippen LogP contribution in [0.15, 0.2) is 71.4 Å². The molecule has 0 saturated heterocycles. The molecular weight excluding hydrogens is 364 g/mol. The fraction of sp³-hybridized carbons (Fsp3) is 0.0476. The van der Waals surface area contributed by atoms with Gasteiger partial charge in [0, 0.05) is 22.5 Å². The van der Waals surface area contributed by atoms with E-state index in [0.29, 0.717) is 16.4 Å². The molecule has 1 aromatic heterocycles. The number of benzene rings is 2. The van der Waals surface area contributed by atoms with E-state index in [1.807, 2.05) is 19.1 Å². The van der Waals surface area contributed by atoms with Gasteiger partial charge in [0.2, 0.25) is 5.91 Å². The van der Waals surface area contributed by atoms with Crippen LogP contribution in [0, 0.1) is 6.92 Å². The molecule has 3 rings (SSSR count). The van der Waals surface area contributed by atoms with Crippen molar-refractivity contribution >= 4 is 40.9 Å². The number of halogens is 1. The molecule has 0 saturated carbocycles. The van der Waals surface area contributed by atoms with E-state index in [0.717, 1.165) is 11.1 Å². The molecule has 0 atom stereocenters. The molecule has 2 aromatic carbocycles. The third-order valence-corrected chi connectivity index (χ3v) is 4.04. The monoisotopic (exact) mass is 380 g/mol. The minimum atomic E-state index is -0.328. The van der Waals surface area contributed by atoms with Crippen LogP contribution < -0.4 is 10.6 Å². The highest BCUT2D eigenvalue weighted by Crippen LogP contribution is 2.21. The molecule has 0 unspecified atom stereocenters. The number of aryl methyl sites for hydroxylation is 1. The standard InChI is InChI=1S/C21H17ClN2O3/c1-14-13-17(9-10-18(14)24-21(26)19-3-2-12-27-19)23-20(25)11-6-15-4-7-16(22)8-5-15/h2-13H,1H3,(H,23,25)(H,24,26)/b11-6+. The summed E-state index contributed by atoms with van der Waals surface area (Å²) in [6, 6.07) is 15.7. The molecule has 2 amide bonds. The van der Waals surface area contributed by atoms with Crippen LogP contribution >= 0.6 is 11.6 Å². The molecule has 136 valence electrons. The maximum absolute atomic E-state index is 12.1. The van der Waals surface area contributed by atoms with Crippen molar-refractivity contribution in [1.29, 1.82) is 0 Å². The predicted octanol–water partition coefficient (Wildman–Crippen LogP) is 5.15. The van der Waals surface area contributed by atoms with Crippen molar-refractivity contribution in [2.24, 2.45) is 0 Å². The molecule has 0 aliphatic rings. The van der Waals surface area contributed by atoms with Crippen molar-refractivity contribution < 1.29 is 14.0 Å². The Labute approximate surface area is 161 Å². The van der Waals surface area contributed by atoms with Crippen LogP contribution in [0.25, 0.3) is 6.08 Å². The third kappa shape index (κ3) is 5.09. The summed E-state index contributed by atoms with van der Waals surface area (Å²) in [5.41, 5.74) is 2.97. The fourth-order valence-corrected chi connectivity index (χ4v) is 2.53. The Kier molecular flexibility index (Phi) is 5.74. The fourth-order valence-electron chi connectivity index (χ4n) is 2.40. The van der Waals surface area contributed by atoms with Crippen molar-refractivity contribution in [3.05, 3.63) is 88.8 Å². The summed E-state index contributed by atoms with van der Waals surface area (Å²) in [6.45, 7) is 1.84. The minimum absolute atomic E-state index is 0.235. The first-order chi connectivity index (χ1) is 13.0. The van der Waals surface area contributed by atoms with E-state index in [1.165, 1.54) is 12.3 Å². The predicted molar refractivity (Wildman–Crippen MR) is 107 cm³/mol. The first-order valence-electron chi connectivity index (χ1n) is 8.21. The Morgan fingerprint density at radius 1 is 1.04 bits per heavy atom. The zero-order chi connectivity index (χ0) is 19.2. The molecule has 1 heterocycles. The van der Waals surface area contributed by atoms with Crippen LogP contribution in [0.3, 0.4) is 0 Å². The molecule has 5 nitrogen and oxygen atoms in total. The second kappa shape index (κ2) is 8.38. The van der Waals surface area contributed by atoms with E-state index in [2.05, 4.69) is 10.6 Å². The maximum Gasteiger partial charge on any atom is 0.291 e. The highest BCUT2D eigenvalue weighted by Gasteiger charge is 2.10.